The first-order chi connectivity index (χ1) is 10.7. The number of fused-ring (bicyclic) bond motifs is 1. The van der Waals surface area contributed by atoms with Crippen molar-refractivity contribution in [1.82, 2.24) is 15.2 Å². The molecule has 0 aliphatic heterocycles. The number of pyridine rings is 1. The molecule has 0 aromatic carbocycles. The average molecular weight is 323 g/mol. The number of aromatic amines is 1. The molecular weight excluding hydrogens is 308 g/mol. The van der Waals surface area contributed by atoms with E-state index in [1.807, 2.05) is 19.1 Å². The van der Waals surface area contributed by atoms with Gasteiger partial charge in [-0.15, -0.1) is 11.3 Å². The van der Waals surface area contributed by atoms with Gasteiger partial charge in [0.15, 0.2) is 0 Å². The first kappa shape index (κ1) is 14.7. The Morgan fingerprint density at radius 3 is 2.86 bits per heavy atom. The fourth-order valence-corrected chi connectivity index (χ4v) is 3.20. The smallest absolute Gasteiger partial charge is 0.255 e. The Hall–Kier alpha value is -2.22. The number of anilines is 2. The lowest BCUT2D eigenvalue weighted by Crippen LogP contribution is -2.11. The van der Waals surface area contributed by atoms with Gasteiger partial charge < -0.3 is 10.6 Å². The van der Waals surface area contributed by atoms with E-state index >= 15 is 0 Å². The molecule has 0 unspecified atom stereocenters. The normalized spacial score (nSPS) is 11.3. The van der Waals surface area contributed by atoms with Gasteiger partial charge in [-0.25, -0.2) is 13.8 Å². The minimum atomic E-state index is -2.40. The summed E-state index contributed by atoms with van der Waals surface area (Å²) in [4.78, 5) is 5.49. The fraction of sp³-hybridized carbons (Fsp3) is 0.286. The summed E-state index contributed by atoms with van der Waals surface area (Å²) in [5, 5.41) is 12.7. The highest BCUT2D eigenvalue weighted by Crippen LogP contribution is 2.37. The SMILES string of the molecule is CCNc1cc(NCC(F)F)c2sc(-c3ccn[nH]3)cc2n1. The molecule has 0 saturated carbocycles. The predicted molar refractivity (Wildman–Crippen MR) is 85.9 cm³/mol. The molecule has 3 aromatic heterocycles. The Kier molecular flexibility index (Phi) is 4.19. The van der Waals surface area contributed by atoms with Crippen LogP contribution in [-0.4, -0.2) is 34.7 Å². The zero-order valence-corrected chi connectivity index (χ0v) is 12.7. The van der Waals surface area contributed by atoms with E-state index in [9.17, 15) is 8.78 Å². The number of aromatic nitrogens is 3. The fourth-order valence-electron chi connectivity index (χ4n) is 2.14. The van der Waals surface area contributed by atoms with Crippen molar-refractivity contribution in [3.05, 3.63) is 24.4 Å². The van der Waals surface area contributed by atoms with Crippen LogP contribution in [0.5, 0.6) is 0 Å². The van der Waals surface area contributed by atoms with Crippen LogP contribution in [0.4, 0.5) is 20.3 Å². The summed E-state index contributed by atoms with van der Waals surface area (Å²) in [6, 6.07) is 5.56. The van der Waals surface area contributed by atoms with Crippen LogP contribution in [0.25, 0.3) is 20.8 Å². The standard InChI is InChI=1S/C14H15F2N5S/c1-2-17-13-6-9(18-7-12(15)16)14-10(20-13)5-11(22-14)8-3-4-19-21-8/h3-6,12H,2,7H2,1H3,(H,19,21)(H2,17,18,20). The summed E-state index contributed by atoms with van der Waals surface area (Å²) < 4.78 is 25.8. The van der Waals surface area contributed by atoms with E-state index in [4.69, 9.17) is 0 Å². The second-order valence-electron chi connectivity index (χ2n) is 4.65. The molecular formula is C14H15F2N5S. The second kappa shape index (κ2) is 6.27. The van der Waals surface area contributed by atoms with Gasteiger partial charge in [-0.2, -0.15) is 5.10 Å². The monoisotopic (exact) mass is 323 g/mol. The van der Waals surface area contributed by atoms with Crippen LogP contribution >= 0.6 is 11.3 Å². The molecule has 3 heterocycles. The third-order valence-corrected chi connectivity index (χ3v) is 4.24. The highest BCUT2D eigenvalue weighted by molar-refractivity contribution is 7.22. The average Bonchev–Trinajstić information content (AvgIpc) is 3.13. The van der Waals surface area contributed by atoms with Crippen LogP contribution in [0, 0.1) is 0 Å². The van der Waals surface area contributed by atoms with Gasteiger partial charge in [-0.05, 0) is 19.1 Å². The number of nitrogens with zero attached hydrogens (tertiary/aromatic N) is 2. The molecule has 3 rings (SSSR count). The van der Waals surface area contributed by atoms with E-state index in [1.54, 1.807) is 12.3 Å². The van der Waals surface area contributed by atoms with E-state index in [0.29, 0.717) is 18.1 Å². The molecule has 0 aliphatic rings. The van der Waals surface area contributed by atoms with E-state index in [1.165, 1.54) is 11.3 Å². The van der Waals surface area contributed by atoms with Gasteiger partial charge in [-0.3, -0.25) is 5.10 Å². The molecule has 22 heavy (non-hydrogen) atoms. The summed E-state index contributed by atoms with van der Waals surface area (Å²) in [6.45, 7) is 2.29. The van der Waals surface area contributed by atoms with E-state index in [0.717, 1.165) is 20.8 Å². The molecule has 116 valence electrons. The summed E-state index contributed by atoms with van der Waals surface area (Å²) in [7, 11) is 0. The molecule has 8 heteroatoms. The number of thiophene rings is 1. The number of hydrogen-bond acceptors (Lipinski definition) is 5. The highest BCUT2D eigenvalue weighted by Gasteiger charge is 2.13. The number of alkyl halides is 2. The number of nitrogens with one attached hydrogen (secondary N) is 3. The highest BCUT2D eigenvalue weighted by atomic mass is 32.1. The lowest BCUT2D eigenvalue weighted by atomic mass is 10.3. The molecule has 0 fully saturated rings. The minimum Gasteiger partial charge on any atom is -0.378 e. The topological polar surface area (TPSA) is 65.6 Å². The number of rotatable bonds is 6. The van der Waals surface area contributed by atoms with Crippen molar-refractivity contribution < 1.29 is 8.78 Å². The van der Waals surface area contributed by atoms with Crippen molar-refractivity contribution in [3.63, 3.8) is 0 Å². The van der Waals surface area contributed by atoms with Crippen molar-refractivity contribution in [1.29, 1.82) is 0 Å². The lowest BCUT2D eigenvalue weighted by Gasteiger charge is -2.09. The van der Waals surface area contributed by atoms with Crippen molar-refractivity contribution in [3.8, 4) is 10.6 Å². The van der Waals surface area contributed by atoms with Crippen molar-refractivity contribution in [2.45, 2.75) is 13.3 Å². The third-order valence-electron chi connectivity index (χ3n) is 3.05. The van der Waals surface area contributed by atoms with E-state index < -0.39 is 6.43 Å². The Morgan fingerprint density at radius 2 is 2.18 bits per heavy atom. The minimum absolute atomic E-state index is 0.387. The lowest BCUT2D eigenvalue weighted by molar-refractivity contribution is 0.163. The van der Waals surface area contributed by atoms with Gasteiger partial charge in [0.1, 0.15) is 5.82 Å². The maximum Gasteiger partial charge on any atom is 0.255 e. The van der Waals surface area contributed by atoms with Crippen LogP contribution in [0.2, 0.25) is 0 Å². The first-order valence-electron chi connectivity index (χ1n) is 6.87. The molecule has 0 bridgehead atoms. The maximum atomic E-state index is 12.5. The number of halogens is 2. The van der Waals surface area contributed by atoms with Crippen LogP contribution in [0.1, 0.15) is 6.92 Å². The molecule has 5 nitrogen and oxygen atoms in total. The zero-order valence-electron chi connectivity index (χ0n) is 11.9. The predicted octanol–water partition coefficient (Wildman–Crippen LogP) is 3.80. The van der Waals surface area contributed by atoms with Gasteiger partial charge in [-0.1, -0.05) is 0 Å². The molecule has 0 amide bonds. The third kappa shape index (κ3) is 3.01. The van der Waals surface area contributed by atoms with E-state index in [-0.39, 0.29) is 6.54 Å². The first-order valence-corrected chi connectivity index (χ1v) is 7.69. The van der Waals surface area contributed by atoms with Crippen LogP contribution < -0.4 is 10.6 Å². The van der Waals surface area contributed by atoms with Crippen LogP contribution in [0.15, 0.2) is 24.4 Å². The quantitative estimate of drug-likeness (QED) is 0.645. The van der Waals surface area contributed by atoms with Gasteiger partial charge >= 0.3 is 0 Å². The molecule has 3 N–H and O–H groups in total. The molecule has 0 atom stereocenters. The number of H-pyrrole nitrogens is 1. The van der Waals surface area contributed by atoms with Crippen LogP contribution in [-0.2, 0) is 0 Å². The zero-order chi connectivity index (χ0) is 15.5. The van der Waals surface area contributed by atoms with Gasteiger partial charge in [0.05, 0.1) is 33.0 Å². The maximum absolute atomic E-state index is 12.5. The summed E-state index contributed by atoms with van der Waals surface area (Å²) in [6.07, 6.45) is -0.731. The van der Waals surface area contributed by atoms with Gasteiger partial charge in [0, 0.05) is 18.8 Å². The Balaban J connectivity index is 2.05. The molecule has 0 radical (unpaired) electrons. The van der Waals surface area contributed by atoms with Gasteiger partial charge in [0.2, 0.25) is 0 Å². The summed E-state index contributed by atoms with van der Waals surface area (Å²) in [5.41, 5.74) is 2.31. The Labute approximate surface area is 129 Å². The van der Waals surface area contributed by atoms with E-state index in [2.05, 4.69) is 25.8 Å². The van der Waals surface area contributed by atoms with Crippen LogP contribution in [0.3, 0.4) is 0 Å². The Morgan fingerprint density at radius 1 is 1.32 bits per heavy atom. The molecule has 0 saturated heterocycles. The molecule has 0 aliphatic carbocycles. The van der Waals surface area contributed by atoms with Gasteiger partial charge in [0.25, 0.3) is 6.43 Å². The second-order valence-corrected chi connectivity index (χ2v) is 5.70. The Bertz CT molecular complexity index is 754. The van der Waals surface area contributed by atoms with Crippen molar-refractivity contribution in [2.24, 2.45) is 0 Å². The van der Waals surface area contributed by atoms with Crippen molar-refractivity contribution >= 4 is 33.1 Å². The number of hydrogen-bond donors (Lipinski definition) is 3. The summed E-state index contributed by atoms with van der Waals surface area (Å²) in [5.74, 6) is 0.667. The molecule has 3 aromatic rings. The summed E-state index contributed by atoms with van der Waals surface area (Å²) >= 11 is 1.49. The largest absolute Gasteiger partial charge is 0.378 e. The van der Waals surface area contributed by atoms with Crippen molar-refractivity contribution in [2.75, 3.05) is 23.7 Å². The molecule has 0 spiro atoms.